The number of esters is 1. The third-order valence-electron chi connectivity index (χ3n) is 8.74. The molecule has 3 aliphatic heterocycles. The van der Waals surface area contributed by atoms with Crippen molar-refractivity contribution >= 4 is 34.2 Å². The van der Waals surface area contributed by atoms with E-state index < -0.39 is 35.0 Å². The number of aliphatic hydroxyl groups is 1. The SMILES string of the molecule is C=CCCCOC(=O)[C@@H]1[C@H]2C(=O)N(CCCO)C(C(=O)N(CC=C)c3ccc4ccccc4c3)C23CC[C@@]1(C)O3. The molecule has 2 bridgehead atoms. The van der Waals surface area contributed by atoms with Gasteiger partial charge >= 0.3 is 5.97 Å². The number of nitrogens with zero attached hydrogens (tertiary/aromatic N) is 2. The zero-order chi connectivity index (χ0) is 28.5. The number of allylic oxidation sites excluding steroid dienone is 1. The lowest BCUT2D eigenvalue weighted by Crippen LogP contribution is -2.56. The van der Waals surface area contributed by atoms with Gasteiger partial charge in [0, 0.05) is 25.4 Å². The number of aliphatic hydroxyl groups excluding tert-OH is 1. The van der Waals surface area contributed by atoms with Crippen LogP contribution in [0, 0.1) is 11.8 Å². The number of anilines is 1. The second kappa shape index (κ2) is 11.2. The van der Waals surface area contributed by atoms with Gasteiger partial charge in [-0.25, -0.2) is 0 Å². The molecular formula is C32H38N2O6. The lowest BCUT2D eigenvalue weighted by molar-refractivity contribution is -0.159. The number of unbranched alkanes of at least 4 members (excludes halogenated alkanes) is 1. The molecule has 3 fully saturated rings. The molecule has 0 aliphatic carbocycles. The van der Waals surface area contributed by atoms with Crippen molar-refractivity contribution in [2.45, 2.75) is 56.3 Å². The lowest BCUT2D eigenvalue weighted by Gasteiger charge is -2.36. The predicted molar refractivity (Wildman–Crippen MR) is 153 cm³/mol. The highest BCUT2D eigenvalue weighted by atomic mass is 16.6. The minimum atomic E-state index is -1.15. The Bertz CT molecular complexity index is 1330. The Labute approximate surface area is 235 Å². The van der Waals surface area contributed by atoms with Crippen LogP contribution in [0.1, 0.15) is 39.0 Å². The fraction of sp³-hybridized carbons (Fsp3) is 0.469. The molecule has 0 radical (unpaired) electrons. The van der Waals surface area contributed by atoms with Gasteiger partial charge in [-0.05, 0) is 61.9 Å². The summed E-state index contributed by atoms with van der Waals surface area (Å²) in [5.41, 5.74) is -1.36. The summed E-state index contributed by atoms with van der Waals surface area (Å²) in [5.74, 6) is -2.67. The molecule has 2 aromatic rings. The summed E-state index contributed by atoms with van der Waals surface area (Å²) in [6.45, 7) is 9.96. The number of carbonyl (C=O) groups is 3. The molecule has 8 nitrogen and oxygen atoms in total. The van der Waals surface area contributed by atoms with Crippen LogP contribution < -0.4 is 4.90 Å². The number of hydrogen-bond acceptors (Lipinski definition) is 6. The number of amides is 2. The second-order valence-corrected chi connectivity index (χ2v) is 11.2. The minimum absolute atomic E-state index is 0.128. The first kappa shape index (κ1) is 28.1. The van der Waals surface area contributed by atoms with Crippen LogP contribution in [0.4, 0.5) is 5.69 Å². The molecule has 40 heavy (non-hydrogen) atoms. The van der Waals surface area contributed by atoms with Gasteiger partial charge in [0.2, 0.25) is 5.91 Å². The van der Waals surface area contributed by atoms with Crippen LogP contribution in [0.25, 0.3) is 10.8 Å². The molecule has 3 saturated heterocycles. The van der Waals surface area contributed by atoms with Crippen LogP contribution in [-0.4, -0.2) is 71.3 Å². The van der Waals surface area contributed by atoms with Crippen molar-refractivity contribution < 1.29 is 29.0 Å². The Hall–Kier alpha value is -3.49. The third kappa shape index (κ3) is 4.53. The fourth-order valence-corrected chi connectivity index (χ4v) is 6.98. The maximum absolute atomic E-state index is 14.6. The number of benzene rings is 2. The van der Waals surface area contributed by atoms with E-state index in [1.165, 1.54) is 4.90 Å². The fourth-order valence-electron chi connectivity index (χ4n) is 6.98. The highest BCUT2D eigenvalue weighted by Crippen LogP contribution is 2.63. The van der Waals surface area contributed by atoms with E-state index >= 15 is 0 Å². The van der Waals surface area contributed by atoms with Crippen LogP contribution >= 0.6 is 0 Å². The monoisotopic (exact) mass is 546 g/mol. The van der Waals surface area contributed by atoms with Gasteiger partial charge < -0.3 is 24.4 Å². The molecule has 2 amide bonds. The van der Waals surface area contributed by atoms with Gasteiger partial charge in [-0.15, -0.1) is 13.2 Å². The Morgan fingerprint density at radius 1 is 1.15 bits per heavy atom. The molecule has 2 aromatic carbocycles. The predicted octanol–water partition coefficient (Wildman–Crippen LogP) is 4.02. The van der Waals surface area contributed by atoms with E-state index in [1.807, 2.05) is 49.4 Å². The number of hydrogen-bond donors (Lipinski definition) is 1. The van der Waals surface area contributed by atoms with Crippen molar-refractivity contribution in [2.75, 3.05) is 31.2 Å². The molecule has 1 spiro atoms. The number of ether oxygens (including phenoxy) is 2. The summed E-state index contributed by atoms with van der Waals surface area (Å²) in [6, 6.07) is 12.8. The molecule has 3 aliphatic rings. The maximum atomic E-state index is 14.6. The first-order valence-electron chi connectivity index (χ1n) is 14.1. The number of fused-ring (bicyclic) bond motifs is 2. The highest BCUT2D eigenvalue weighted by Gasteiger charge is 2.78. The van der Waals surface area contributed by atoms with Crippen LogP contribution in [0.2, 0.25) is 0 Å². The number of rotatable bonds is 12. The van der Waals surface area contributed by atoms with Gasteiger partial charge in [0.1, 0.15) is 17.6 Å². The summed E-state index contributed by atoms with van der Waals surface area (Å²) in [6.07, 6.45) is 6.13. The zero-order valence-electron chi connectivity index (χ0n) is 23.1. The Balaban J connectivity index is 1.52. The topological polar surface area (TPSA) is 96.4 Å². The van der Waals surface area contributed by atoms with Gasteiger partial charge in [0.05, 0.1) is 18.1 Å². The molecule has 0 saturated carbocycles. The van der Waals surface area contributed by atoms with Crippen molar-refractivity contribution in [3.8, 4) is 0 Å². The lowest BCUT2D eigenvalue weighted by atomic mass is 9.66. The zero-order valence-corrected chi connectivity index (χ0v) is 23.1. The van der Waals surface area contributed by atoms with Gasteiger partial charge in [-0.1, -0.05) is 42.5 Å². The smallest absolute Gasteiger partial charge is 0.312 e. The molecule has 0 aromatic heterocycles. The first-order valence-corrected chi connectivity index (χ1v) is 14.1. The highest BCUT2D eigenvalue weighted by molar-refractivity contribution is 6.05. The number of likely N-dealkylation sites (tertiary alicyclic amines) is 1. The molecule has 1 N–H and O–H groups in total. The van der Waals surface area contributed by atoms with Crippen LogP contribution in [-0.2, 0) is 23.9 Å². The van der Waals surface area contributed by atoms with Crippen molar-refractivity contribution in [3.63, 3.8) is 0 Å². The van der Waals surface area contributed by atoms with Crippen LogP contribution in [0.5, 0.6) is 0 Å². The average Bonchev–Trinajstić information content (AvgIpc) is 3.52. The molecule has 3 heterocycles. The Kier molecular flexibility index (Phi) is 7.84. The molecule has 8 heteroatoms. The minimum Gasteiger partial charge on any atom is -0.465 e. The first-order chi connectivity index (χ1) is 19.3. The van der Waals surface area contributed by atoms with Crippen molar-refractivity contribution in [3.05, 3.63) is 67.8 Å². The molecular weight excluding hydrogens is 508 g/mol. The molecule has 5 rings (SSSR count). The van der Waals surface area contributed by atoms with Crippen LogP contribution in [0.15, 0.2) is 67.8 Å². The Morgan fingerprint density at radius 3 is 2.65 bits per heavy atom. The third-order valence-corrected chi connectivity index (χ3v) is 8.74. The molecule has 2 unspecified atom stereocenters. The van der Waals surface area contributed by atoms with E-state index in [2.05, 4.69) is 13.2 Å². The largest absolute Gasteiger partial charge is 0.465 e. The van der Waals surface area contributed by atoms with E-state index in [0.29, 0.717) is 31.4 Å². The molecule has 212 valence electrons. The number of carbonyl (C=O) groups excluding carboxylic acids is 3. The van der Waals surface area contributed by atoms with Gasteiger partial charge in [0.25, 0.3) is 5.91 Å². The van der Waals surface area contributed by atoms with E-state index in [-0.39, 0.29) is 38.1 Å². The van der Waals surface area contributed by atoms with E-state index in [4.69, 9.17) is 9.47 Å². The summed E-state index contributed by atoms with van der Waals surface area (Å²) in [7, 11) is 0. The average molecular weight is 547 g/mol. The van der Waals surface area contributed by atoms with Gasteiger partial charge in [-0.2, -0.15) is 0 Å². The molecule has 5 atom stereocenters. The van der Waals surface area contributed by atoms with Crippen molar-refractivity contribution in [1.82, 2.24) is 4.90 Å². The normalized spacial score (nSPS) is 28.5. The van der Waals surface area contributed by atoms with Crippen LogP contribution in [0.3, 0.4) is 0 Å². The quantitative estimate of drug-likeness (QED) is 0.246. The summed E-state index contributed by atoms with van der Waals surface area (Å²) in [4.78, 5) is 45.2. The van der Waals surface area contributed by atoms with Crippen molar-refractivity contribution in [1.29, 1.82) is 0 Å². The standard InChI is InChI=1S/C32H38N2O6/c1-4-6-9-20-39-30(38)26-25-28(36)34(18-10-19-35)27(32(25)16-15-31(26,3)40-32)29(37)33(17-5-2)24-14-13-22-11-7-8-12-23(22)21-24/h4-5,7-8,11-14,21,25-27,35H,1-2,6,9-10,15-20H2,3H3/t25-,26-,27?,31+,32?/m0/s1. The Morgan fingerprint density at radius 2 is 1.93 bits per heavy atom. The van der Waals surface area contributed by atoms with E-state index in [1.54, 1.807) is 17.1 Å². The maximum Gasteiger partial charge on any atom is 0.312 e. The second-order valence-electron chi connectivity index (χ2n) is 11.2. The van der Waals surface area contributed by atoms with E-state index in [0.717, 1.165) is 17.2 Å². The van der Waals surface area contributed by atoms with Crippen molar-refractivity contribution in [2.24, 2.45) is 11.8 Å². The summed E-state index contributed by atoms with van der Waals surface area (Å²) < 4.78 is 12.3. The summed E-state index contributed by atoms with van der Waals surface area (Å²) >= 11 is 0. The van der Waals surface area contributed by atoms with Gasteiger partial charge in [0.15, 0.2) is 0 Å². The van der Waals surface area contributed by atoms with Gasteiger partial charge in [-0.3, -0.25) is 14.4 Å². The van der Waals surface area contributed by atoms with E-state index in [9.17, 15) is 19.5 Å². The summed E-state index contributed by atoms with van der Waals surface area (Å²) in [5, 5.41) is 11.6.